The number of benzene rings is 2. The van der Waals surface area contributed by atoms with Crippen LogP contribution in [0.5, 0.6) is 0 Å². The average Bonchev–Trinajstić information content (AvgIpc) is 3.38. The summed E-state index contributed by atoms with van der Waals surface area (Å²) < 4.78 is 13.7. The number of carboxylic acid groups (broad SMARTS) is 1. The number of fused-ring (bicyclic) bond motifs is 1. The maximum absolute atomic E-state index is 13.4. The van der Waals surface area contributed by atoms with Crippen LogP contribution in [0, 0.1) is 0 Å². The molecule has 1 fully saturated rings. The summed E-state index contributed by atoms with van der Waals surface area (Å²) in [4.78, 5) is 30.7. The van der Waals surface area contributed by atoms with Gasteiger partial charge in [0.05, 0.1) is 29.9 Å². The normalized spacial score (nSPS) is 14.2. The monoisotopic (exact) mass is 454 g/mol. The summed E-state index contributed by atoms with van der Waals surface area (Å²) in [5.74, 6) is -1.07. The number of morpholine rings is 1. The number of anilines is 1. The van der Waals surface area contributed by atoms with E-state index in [4.69, 9.17) is 25.9 Å². The van der Waals surface area contributed by atoms with Crippen LogP contribution in [0.15, 0.2) is 57.9 Å². The Morgan fingerprint density at radius 2 is 1.78 bits per heavy atom. The number of imidazole rings is 1. The summed E-state index contributed by atoms with van der Waals surface area (Å²) >= 11 is 6.23. The van der Waals surface area contributed by atoms with E-state index >= 15 is 0 Å². The Kier molecular flexibility index (Phi) is 5.20. The van der Waals surface area contributed by atoms with Crippen LogP contribution in [0.25, 0.3) is 16.7 Å². The number of aromatic carboxylic acids is 1. The molecule has 3 heterocycles. The highest BCUT2D eigenvalue weighted by atomic mass is 35.5. The predicted octanol–water partition coefficient (Wildman–Crippen LogP) is 3.02. The van der Waals surface area contributed by atoms with E-state index in [-0.39, 0.29) is 23.8 Å². The van der Waals surface area contributed by atoms with Gasteiger partial charge in [0, 0.05) is 23.8 Å². The summed E-state index contributed by atoms with van der Waals surface area (Å²) in [6.07, 6.45) is 1.06. The number of halogens is 1. The predicted molar refractivity (Wildman–Crippen MR) is 118 cm³/mol. The molecule has 164 valence electrons. The molecule has 0 atom stereocenters. The third-order valence-corrected chi connectivity index (χ3v) is 5.67. The third kappa shape index (κ3) is 3.65. The molecule has 4 aromatic rings. The van der Waals surface area contributed by atoms with Gasteiger partial charge in [-0.3, -0.25) is 9.13 Å². The fourth-order valence-electron chi connectivity index (χ4n) is 3.88. The lowest BCUT2D eigenvalue weighted by Gasteiger charge is -2.28. The van der Waals surface area contributed by atoms with Crippen LogP contribution in [0.4, 0.5) is 5.69 Å². The summed E-state index contributed by atoms with van der Waals surface area (Å²) in [6, 6.07) is 12.9. The van der Waals surface area contributed by atoms with E-state index < -0.39 is 5.97 Å². The van der Waals surface area contributed by atoms with Crippen molar-refractivity contribution in [2.45, 2.75) is 6.54 Å². The smallest absolute Gasteiger partial charge is 0.357 e. The zero-order chi connectivity index (χ0) is 22.2. The number of hydrogen-bond acceptors (Lipinski definition) is 6. The Hall–Kier alpha value is -3.56. The highest BCUT2D eigenvalue weighted by molar-refractivity contribution is 6.31. The van der Waals surface area contributed by atoms with E-state index in [1.54, 1.807) is 22.8 Å². The minimum absolute atomic E-state index is 0.0108. The summed E-state index contributed by atoms with van der Waals surface area (Å²) in [7, 11) is 0. The Morgan fingerprint density at radius 3 is 2.47 bits per heavy atom. The molecule has 1 saturated heterocycles. The van der Waals surface area contributed by atoms with Crippen LogP contribution in [0.2, 0.25) is 5.02 Å². The first-order chi connectivity index (χ1) is 15.5. The summed E-state index contributed by atoms with van der Waals surface area (Å²) in [5, 5.41) is 9.57. The van der Waals surface area contributed by atoms with Crippen molar-refractivity contribution in [3.8, 4) is 5.69 Å². The molecule has 1 aliphatic rings. The molecule has 2 aromatic carbocycles. The van der Waals surface area contributed by atoms with Crippen molar-refractivity contribution in [3.05, 3.63) is 75.8 Å². The quantitative estimate of drug-likeness (QED) is 0.494. The van der Waals surface area contributed by atoms with E-state index in [9.17, 15) is 9.59 Å². The zero-order valence-electron chi connectivity index (χ0n) is 16.9. The Labute approximate surface area is 187 Å². The molecule has 10 heteroatoms. The van der Waals surface area contributed by atoms with Crippen LogP contribution >= 0.6 is 11.6 Å². The van der Waals surface area contributed by atoms with Gasteiger partial charge in [-0.2, -0.15) is 0 Å². The molecule has 0 spiro atoms. The first-order valence-corrected chi connectivity index (χ1v) is 10.4. The number of ether oxygens (including phenoxy) is 1. The molecule has 0 radical (unpaired) electrons. The van der Waals surface area contributed by atoms with Crippen LogP contribution in [0.3, 0.4) is 0 Å². The van der Waals surface area contributed by atoms with Gasteiger partial charge in [0.15, 0.2) is 5.69 Å². The van der Waals surface area contributed by atoms with Gasteiger partial charge in [0.25, 0.3) is 0 Å². The lowest BCUT2D eigenvalue weighted by Crippen LogP contribution is -2.36. The Bertz CT molecular complexity index is 1350. The molecule has 0 unspecified atom stereocenters. The van der Waals surface area contributed by atoms with Gasteiger partial charge in [-0.05, 0) is 42.5 Å². The second-order valence-corrected chi connectivity index (χ2v) is 7.82. The molecule has 0 bridgehead atoms. The maximum Gasteiger partial charge on any atom is 0.357 e. The van der Waals surface area contributed by atoms with Crippen molar-refractivity contribution in [1.29, 1.82) is 0 Å². The second kappa shape index (κ2) is 8.18. The zero-order valence-corrected chi connectivity index (χ0v) is 17.7. The van der Waals surface area contributed by atoms with E-state index in [2.05, 4.69) is 9.88 Å². The van der Waals surface area contributed by atoms with Crippen LogP contribution < -0.4 is 10.6 Å². The highest BCUT2D eigenvalue weighted by Crippen LogP contribution is 2.24. The molecule has 5 rings (SSSR count). The number of nitrogens with zero attached hydrogens (tertiary/aromatic N) is 4. The van der Waals surface area contributed by atoms with Gasteiger partial charge >= 0.3 is 11.7 Å². The van der Waals surface area contributed by atoms with Crippen molar-refractivity contribution in [2.75, 3.05) is 31.2 Å². The van der Waals surface area contributed by atoms with Crippen molar-refractivity contribution < 1.29 is 19.1 Å². The van der Waals surface area contributed by atoms with Crippen LogP contribution in [0.1, 0.15) is 16.4 Å². The minimum atomic E-state index is -1.19. The lowest BCUT2D eigenvalue weighted by molar-refractivity contribution is 0.0690. The molecule has 9 nitrogen and oxygen atoms in total. The topological polar surface area (TPSA) is 103 Å². The SMILES string of the molecule is O=C(O)c1coc(Cn2c(=O)n(-c3ccc(N4CCOCC4)cc3)c3cc(Cl)ccc32)n1. The first kappa shape index (κ1) is 20.3. The molecule has 1 aliphatic heterocycles. The van der Waals surface area contributed by atoms with Gasteiger partial charge in [-0.1, -0.05) is 11.6 Å². The molecular weight excluding hydrogens is 436 g/mol. The van der Waals surface area contributed by atoms with Crippen molar-refractivity contribution in [1.82, 2.24) is 14.1 Å². The maximum atomic E-state index is 13.4. The number of hydrogen-bond donors (Lipinski definition) is 1. The number of carboxylic acids is 1. The number of rotatable bonds is 5. The number of aromatic nitrogens is 3. The fourth-order valence-corrected chi connectivity index (χ4v) is 4.05. The standard InChI is InChI=1S/C22H19ClN4O5/c23-14-1-6-18-19(11-14)27(16-4-2-15(3-5-16)25-7-9-31-10-8-25)22(30)26(18)12-20-24-17(13-32-20)21(28)29/h1-6,11,13H,7-10,12H2,(H,28,29). The molecule has 0 saturated carbocycles. The van der Waals surface area contributed by atoms with Gasteiger partial charge < -0.3 is 19.2 Å². The Balaban J connectivity index is 1.57. The van der Waals surface area contributed by atoms with Crippen LogP contribution in [-0.4, -0.2) is 51.5 Å². The molecule has 1 N–H and O–H groups in total. The first-order valence-electron chi connectivity index (χ1n) is 10.0. The largest absolute Gasteiger partial charge is 0.476 e. The second-order valence-electron chi connectivity index (χ2n) is 7.38. The summed E-state index contributed by atoms with van der Waals surface area (Å²) in [5.41, 5.74) is 2.50. The van der Waals surface area contributed by atoms with E-state index in [0.29, 0.717) is 35.0 Å². The van der Waals surface area contributed by atoms with Gasteiger partial charge in [-0.25, -0.2) is 14.6 Å². The molecule has 0 aliphatic carbocycles. The number of oxazole rings is 1. The fraction of sp³-hybridized carbons (Fsp3) is 0.227. The van der Waals surface area contributed by atoms with Gasteiger partial charge in [0.2, 0.25) is 5.89 Å². The Morgan fingerprint density at radius 1 is 1.06 bits per heavy atom. The number of carbonyl (C=O) groups is 1. The van der Waals surface area contributed by atoms with E-state index in [0.717, 1.165) is 25.0 Å². The highest BCUT2D eigenvalue weighted by Gasteiger charge is 2.19. The minimum Gasteiger partial charge on any atom is -0.476 e. The lowest BCUT2D eigenvalue weighted by atomic mass is 10.2. The molecule has 32 heavy (non-hydrogen) atoms. The summed E-state index contributed by atoms with van der Waals surface area (Å²) in [6.45, 7) is 3.02. The molecular formula is C22H19ClN4O5. The van der Waals surface area contributed by atoms with Crippen LogP contribution in [-0.2, 0) is 11.3 Å². The van der Waals surface area contributed by atoms with Crippen molar-refractivity contribution >= 4 is 34.3 Å². The van der Waals surface area contributed by atoms with E-state index in [1.807, 2.05) is 24.3 Å². The van der Waals surface area contributed by atoms with Crippen molar-refractivity contribution in [2.24, 2.45) is 0 Å². The molecule has 2 aromatic heterocycles. The average molecular weight is 455 g/mol. The van der Waals surface area contributed by atoms with E-state index in [1.165, 1.54) is 4.57 Å². The third-order valence-electron chi connectivity index (χ3n) is 5.44. The van der Waals surface area contributed by atoms with Gasteiger partial charge in [-0.15, -0.1) is 0 Å². The molecule has 0 amide bonds. The van der Waals surface area contributed by atoms with Gasteiger partial charge in [0.1, 0.15) is 12.8 Å². The van der Waals surface area contributed by atoms with Crippen molar-refractivity contribution in [3.63, 3.8) is 0 Å².